The normalized spacial score (nSPS) is 18.1. The molecule has 1 heterocycles. The first kappa shape index (κ1) is 14.2. The third kappa shape index (κ3) is 3.42. The third-order valence-corrected chi connectivity index (χ3v) is 3.38. The lowest BCUT2D eigenvalue weighted by atomic mass is 10.0. The summed E-state index contributed by atoms with van der Waals surface area (Å²) in [5.41, 5.74) is 0.845. The maximum atomic E-state index is 5.95. The summed E-state index contributed by atoms with van der Waals surface area (Å²) in [6.45, 7) is 5.70. The van der Waals surface area contributed by atoms with Gasteiger partial charge in [-0.3, -0.25) is 4.98 Å². The fourth-order valence-electron chi connectivity index (χ4n) is 2.42. The lowest BCUT2D eigenvalue weighted by Crippen LogP contribution is -2.36. The molecule has 1 saturated carbocycles. The summed E-state index contributed by atoms with van der Waals surface area (Å²) in [5.74, 6) is 1.20. The number of nitrogens with zero attached hydrogens (tertiary/aromatic N) is 2. The first-order chi connectivity index (χ1) is 9.31. The molecule has 0 bridgehead atoms. The molecule has 5 nitrogen and oxygen atoms in total. The quantitative estimate of drug-likeness (QED) is 0.778. The molecular weight excluding hydrogens is 242 g/mol. The van der Waals surface area contributed by atoms with Gasteiger partial charge in [-0.05, 0) is 32.2 Å². The van der Waals surface area contributed by atoms with Crippen molar-refractivity contribution in [3.8, 4) is 5.88 Å². The molecule has 0 amide bonds. The zero-order valence-electron chi connectivity index (χ0n) is 11.9. The average Bonchev–Trinajstić information content (AvgIpc) is 3.27. The highest BCUT2D eigenvalue weighted by atomic mass is 16.5. The molecule has 1 aliphatic rings. The van der Waals surface area contributed by atoms with Crippen LogP contribution >= 0.6 is 0 Å². The molecule has 2 rings (SSSR count). The second-order valence-electron chi connectivity index (χ2n) is 4.74. The van der Waals surface area contributed by atoms with Gasteiger partial charge in [0.2, 0.25) is 5.88 Å². The number of hydrogen-bond donors (Lipinski definition) is 1. The van der Waals surface area contributed by atoms with Gasteiger partial charge in [0.15, 0.2) is 0 Å². The van der Waals surface area contributed by atoms with Crippen molar-refractivity contribution in [2.45, 2.75) is 38.8 Å². The lowest BCUT2D eigenvalue weighted by Gasteiger charge is -2.27. The van der Waals surface area contributed by atoms with Crippen molar-refractivity contribution < 1.29 is 9.47 Å². The maximum Gasteiger partial charge on any atom is 0.237 e. The van der Waals surface area contributed by atoms with Gasteiger partial charge in [-0.15, -0.1) is 0 Å². The molecule has 0 aliphatic heterocycles. The zero-order chi connectivity index (χ0) is 13.7. The number of aromatic nitrogens is 2. The molecule has 1 N–H and O–H groups in total. The fourth-order valence-corrected chi connectivity index (χ4v) is 2.42. The first-order valence-corrected chi connectivity index (χ1v) is 7.01. The second kappa shape index (κ2) is 6.82. The van der Waals surface area contributed by atoms with Crippen LogP contribution < -0.4 is 10.1 Å². The number of hydrogen-bond acceptors (Lipinski definition) is 5. The summed E-state index contributed by atoms with van der Waals surface area (Å²) >= 11 is 0. The van der Waals surface area contributed by atoms with Crippen molar-refractivity contribution in [2.75, 3.05) is 20.3 Å². The topological polar surface area (TPSA) is 56.3 Å². The van der Waals surface area contributed by atoms with E-state index in [1.807, 2.05) is 6.92 Å². The Kier molecular flexibility index (Phi) is 5.10. The van der Waals surface area contributed by atoms with E-state index in [2.05, 4.69) is 22.2 Å². The Hall–Kier alpha value is -1.20. The number of ether oxygens (including phenoxy) is 2. The Morgan fingerprint density at radius 2 is 2.05 bits per heavy atom. The first-order valence-electron chi connectivity index (χ1n) is 7.01. The van der Waals surface area contributed by atoms with Crippen LogP contribution in [-0.2, 0) is 4.74 Å². The van der Waals surface area contributed by atoms with Gasteiger partial charge >= 0.3 is 0 Å². The van der Waals surface area contributed by atoms with Crippen LogP contribution in [0, 0.1) is 5.92 Å². The van der Waals surface area contributed by atoms with Crippen molar-refractivity contribution in [3.05, 3.63) is 18.1 Å². The summed E-state index contributed by atoms with van der Waals surface area (Å²) in [4.78, 5) is 8.69. The van der Waals surface area contributed by atoms with Gasteiger partial charge < -0.3 is 14.8 Å². The molecule has 0 radical (unpaired) electrons. The molecule has 5 heteroatoms. The maximum absolute atomic E-state index is 5.95. The van der Waals surface area contributed by atoms with Gasteiger partial charge in [0.05, 0.1) is 19.3 Å². The predicted octanol–water partition coefficient (Wildman–Crippen LogP) is 1.95. The molecule has 1 aromatic rings. The van der Waals surface area contributed by atoms with E-state index in [4.69, 9.17) is 9.47 Å². The van der Waals surface area contributed by atoms with E-state index in [-0.39, 0.29) is 12.1 Å². The predicted molar refractivity (Wildman–Crippen MR) is 73.1 cm³/mol. The molecule has 1 aliphatic carbocycles. The Morgan fingerprint density at radius 3 is 2.63 bits per heavy atom. The van der Waals surface area contributed by atoms with Crippen LogP contribution in [0.15, 0.2) is 12.4 Å². The molecule has 19 heavy (non-hydrogen) atoms. The Balaban J connectivity index is 2.26. The monoisotopic (exact) mass is 265 g/mol. The van der Waals surface area contributed by atoms with Crippen LogP contribution in [0.1, 0.15) is 38.4 Å². The summed E-state index contributed by atoms with van der Waals surface area (Å²) in [6, 6.07) is 0.0427. The molecule has 0 spiro atoms. The van der Waals surface area contributed by atoms with E-state index in [0.29, 0.717) is 18.4 Å². The van der Waals surface area contributed by atoms with E-state index in [0.717, 1.165) is 12.2 Å². The highest BCUT2D eigenvalue weighted by Gasteiger charge is 2.39. The van der Waals surface area contributed by atoms with Gasteiger partial charge in [0.1, 0.15) is 5.69 Å². The van der Waals surface area contributed by atoms with Crippen LogP contribution in [0.5, 0.6) is 5.88 Å². The third-order valence-electron chi connectivity index (χ3n) is 3.38. The van der Waals surface area contributed by atoms with E-state index in [1.54, 1.807) is 19.5 Å². The molecule has 0 aromatic carbocycles. The Bertz CT molecular complexity index is 396. The van der Waals surface area contributed by atoms with Crippen LogP contribution in [0.3, 0.4) is 0 Å². The number of nitrogens with one attached hydrogen (secondary N) is 1. The van der Waals surface area contributed by atoms with Gasteiger partial charge in [-0.1, -0.05) is 6.92 Å². The molecule has 2 unspecified atom stereocenters. The Labute approximate surface area is 114 Å². The molecule has 2 atom stereocenters. The van der Waals surface area contributed by atoms with Crippen molar-refractivity contribution in [2.24, 2.45) is 5.92 Å². The SMILES string of the molecule is CCNC(c1nccnc1OC)C(OCC)C1CC1. The van der Waals surface area contributed by atoms with E-state index in [9.17, 15) is 0 Å². The highest BCUT2D eigenvalue weighted by molar-refractivity contribution is 5.23. The molecule has 1 aromatic heterocycles. The Morgan fingerprint density at radius 1 is 1.32 bits per heavy atom. The summed E-state index contributed by atoms with van der Waals surface area (Å²) in [5, 5.41) is 3.47. The molecule has 1 fully saturated rings. The largest absolute Gasteiger partial charge is 0.480 e. The van der Waals surface area contributed by atoms with Crippen molar-refractivity contribution in [1.82, 2.24) is 15.3 Å². The minimum absolute atomic E-state index is 0.0427. The van der Waals surface area contributed by atoms with Crippen molar-refractivity contribution in [1.29, 1.82) is 0 Å². The van der Waals surface area contributed by atoms with Crippen molar-refractivity contribution in [3.63, 3.8) is 0 Å². The van der Waals surface area contributed by atoms with Gasteiger partial charge in [0.25, 0.3) is 0 Å². The highest BCUT2D eigenvalue weighted by Crippen LogP contribution is 2.40. The summed E-state index contributed by atoms with van der Waals surface area (Å²) in [6.07, 6.45) is 5.97. The smallest absolute Gasteiger partial charge is 0.237 e. The van der Waals surface area contributed by atoms with Gasteiger partial charge in [-0.2, -0.15) is 0 Å². The van der Waals surface area contributed by atoms with E-state index >= 15 is 0 Å². The van der Waals surface area contributed by atoms with Crippen LogP contribution in [0.4, 0.5) is 0 Å². The standard InChI is InChI=1S/C14H23N3O2/c1-4-15-11(13(19-5-2)10-6-7-10)12-14(18-3)17-9-8-16-12/h8-11,13,15H,4-7H2,1-3H3. The number of rotatable bonds is 8. The van der Waals surface area contributed by atoms with Crippen LogP contribution in [0.2, 0.25) is 0 Å². The van der Waals surface area contributed by atoms with E-state index in [1.165, 1.54) is 12.8 Å². The summed E-state index contributed by atoms with van der Waals surface area (Å²) in [7, 11) is 1.63. The second-order valence-corrected chi connectivity index (χ2v) is 4.74. The molecular formula is C14H23N3O2. The van der Waals surface area contributed by atoms with Gasteiger partial charge in [-0.25, -0.2) is 4.98 Å². The number of likely N-dealkylation sites (N-methyl/N-ethyl adjacent to an activating group) is 1. The lowest BCUT2D eigenvalue weighted by molar-refractivity contribution is 0.0171. The van der Waals surface area contributed by atoms with Crippen LogP contribution in [0.25, 0.3) is 0 Å². The molecule has 106 valence electrons. The van der Waals surface area contributed by atoms with Crippen LogP contribution in [-0.4, -0.2) is 36.3 Å². The fraction of sp³-hybridized carbons (Fsp3) is 0.714. The van der Waals surface area contributed by atoms with Gasteiger partial charge in [0, 0.05) is 19.0 Å². The van der Waals surface area contributed by atoms with E-state index < -0.39 is 0 Å². The van der Waals surface area contributed by atoms with Crippen molar-refractivity contribution >= 4 is 0 Å². The summed E-state index contributed by atoms with van der Waals surface area (Å²) < 4.78 is 11.3. The number of methoxy groups -OCH3 is 1. The zero-order valence-corrected chi connectivity index (χ0v) is 11.9. The minimum atomic E-state index is 0.0427. The average molecular weight is 265 g/mol. The minimum Gasteiger partial charge on any atom is -0.480 e. The molecule has 0 saturated heterocycles.